The summed E-state index contributed by atoms with van der Waals surface area (Å²) in [5.74, 6) is -0.0586. The summed E-state index contributed by atoms with van der Waals surface area (Å²) in [6, 6.07) is 14.7. The summed E-state index contributed by atoms with van der Waals surface area (Å²) >= 11 is 0. The first-order valence-corrected chi connectivity index (χ1v) is 6.32. The van der Waals surface area contributed by atoms with Gasteiger partial charge in [-0.1, -0.05) is 36.4 Å². The van der Waals surface area contributed by atoms with Crippen molar-refractivity contribution in [1.29, 1.82) is 0 Å². The second-order valence-electron chi connectivity index (χ2n) is 4.38. The van der Waals surface area contributed by atoms with E-state index in [2.05, 4.69) is 6.08 Å². The SMILES string of the molecule is COc1ccc(/C=C/Cc2ccc(C(=O)O)cc2)cc1. The van der Waals surface area contributed by atoms with E-state index in [4.69, 9.17) is 9.84 Å². The Morgan fingerprint density at radius 2 is 1.75 bits per heavy atom. The minimum atomic E-state index is -0.898. The van der Waals surface area contributed by atoms with Crippen molar-refractivity contribution in [2.24, 2.45) is 0 Å². The lowest BCUT2D eigenvalue weighted by Gasteiger charge is -2.00. The summed E-state index contributed by atoms with van der Waals surface area (Å²) in [4.78, 5) is 10.7. The molecule has 3 heteroatoms. The number of aromatic carboxylic acids is 1. The maximum Gasteiger partial charge on any atom is 0.335 e. The molecule has 0 aliphatic carbocycles. The van der Waals surface area contributed by atoms with Crippen LogP contribution in [0.2, 0.25) is 0 Å². The lowest BCUT2D eigenvalue weighted by molar-refractivity contribution is 0.0697. The second kappa shape index (κ2) is 6.57. The van der Waals surface area contributed by atoms with Crippen LogP contribution in [0.25, 0.3) is 6.08 Å². The lowest BCUT2D eigenvalue weighted by Crippen LogP contribution is -1.95. The molecule has 20 heavy (non-hydrogen) atoms. The molecule has 3 nitrogen and oxygen atoms in total. The average Bonchev–Trinajstić information content (AvgIpc) is 2.48. The monoisotopic (exact) mass is 268 g/mol. The van der Waals surface area contributed by atoms with Gasteiger partial charge in [0.15, 0.2) is 0 Å². The number of hydrogen-bond acceptors (Lipinski definition) is 2. The summed E-state index contributed by atoms with van der Waals surface area (Å²) in [6.45, 7) is 0. The molecule has 0 aliphatic heterocycles. The van der Waals surface area contributed by atoms with Gasteiger partial charge in [0.25, 0.3) is 0 Å². The molecule has 2 aromatic rings. The first-order chi connectivity index (χ1) is 9.69. The normalized spacial score (nSPS) is 10.7. The van der Waals surface area contributed by atoms with E-state index in [1.807, 2.05) is 42.5 Å². The quantitative estimate of drug-likeness (QED) is 0.900. The summed E-state index contributed by atoms with van der Waals surface area (Å²) in [5.41, 5.74) is 2.50. The van der Waals surface area contributed by atoms with Crippen molar-refractivity contribution < 1.29 is 14.6 Å². The summed E-state index contributed by atoms with van der Waals surface area (Å²) in [6.07, 6.45) is 4.86. The van der Waals surface area contributed by atoms with Crippen LogP contribution < -0.4 is 4.74 Å². The molecule has 0 spiro atoms. The number of carbonyl (C=O) groups is 1. The molecule has 102 valence electrons. The van der Waals surface area contributed by atoms with Crippen molar-refractivity contribution >= 4 is 12.0 Å². The predicted octanol–water partition coefficient (Wildman–Crippen LogP) is 3.65. The molecule has 0 unspecified atom stereocenters. The van der Waals surface area contributed by atoms with Gasteiger partial charge in [-0.15, -0.1) is 0 Å². The van der Waals surface area contributed by atoms with E-state index >= 15 is 0 Å². The summed E-state index contributed by atoms with van der Waals surface area (Å²) < 4.78 is 5.10. The fourth-order valence-electron chi connectivity index (χ4n) is 1.83. The van der Waals surface area contributed by atoms with Crippen molar-refractivity contribution in [2.45, 2.75) is 6.42 Å². The van der Waals surface area contributed by atoms with Gasteiger partial charge < -0.3 is 9.84 Å². The average molecular weight is 268 g/mol. The van der Waals surface area contributed by atoms with Crippen LogP contribution in [0.15, 0.2) is 54.6 Å². The number of ether oxygens (including phenoxy) is 1. The summed E-state index contributed by atoms with van der Waals surface area (Å²) in [7, 11) is 1.64. The number of benzene rings is 2. The van der Waals surface area contributed by atoms with Gasteiger partial charge >= 0.3 is 5.97 Å². The smallest absolute Gasteiger partial charge is 0.335 e. The van der Waals surface area contributed by atoms with E-state index in [-0.39, 0.29) is 0 Å². The van der Waals surface area contributed by atoms with Gasteiger partial charge in [-0.3, -0.25) is 0 Å². The zero-order valence-electron chi connectivity index (χ0n) is 11.2. The zero-order chi connectivity index (χ0) is 14.4. The van der Waals surface area contributed by atoms with Crippen molar-refractivity contribution in [3.63, 3.8) is 0 Å². The highest BCUT2D eigenvalue weighted by molar-refractivity contribution is 5.87. The molecule has 0 aliphatic rings. The molecule has 0 fully saturated rings. The highest BCUT2D eigenvalue weighted by Gasteiger charge is 2.00. The van der Waals surface area contributed by atoms with Crippen LogP contribution >= 0.6 is 0 Å². The Morgan fingerprint density at radius 1 is 1.10 bits per heavy atom. The van der Waals surface area contributed by atoms with Crippen molar-refractivity contribution in [2.75, 3.05) is 7.11 Å². The van der Waals surface area contributed by atoms with Gasteiger partial charge in [0.05, 0.1) is 12.7 Å². The number of carboxylic acid groups (broad SMARTS) is 1. The Kier molecular flexibility index (Phi) is 4.56. The molecule has 0 saturated heterocycles. The molecule has 1 N–H and O–H groups in total. The molecule has 0 heterocycles. The van der Waals surface area contributed by atoms with Crippen molar-refractivity contribution in [3.8, 4) is 5.75 Å². The Morgan fingerprint density at radius 3 is 2.30 bits per heavy atom. The number of carboxylic acids is 1. The molecule has 2 aromatic carbocycles. The molecule has 0 aromatic heterocycles. The van der Waals surface area contributed by atoms with Gasteiger partial charge in [0.2, 0.25) is 0 Å². The third-order valence-corrected chi connectivity index (χ3v) is 2.98. The topological polar surface area (TPSA) is 46.5 Å². The molecule has 2 rings (SSSR count). The highest BCUT2D eigenvalue weighted by atomic mass is 16.5. The van der Waals surface area contributed by atoms with Gasteiger partial charge in [-0.2, -0.15) is 0 Å². The fraction of sp³-hybridized carbons (Fsp3) is 0.118. The van der Waals surface area contributed by atoms with Gasteiger partial charge in [-0.05, 0) is 41.8 Å². The maximum absolute atomic E-state index is 10.7. The molecular weight excluding hydrogens is 252 g/mol. The molecule has 0 atom stereocenters. The third-order valence-electron chi connectivity index (χ3n) is 2.98. The molecule has 0 amide bonds. The van der Waals surface area contributed by atoms with Crippen LogP contribution in [-0.2, 0) is 6.42 Å². The first kappa shape index (κ1) is 13.9. The van der Waals surface area contributed by atoms with E-state index in [9.17, 15) is 4.79 Å². The number of allylic oxidation sites excluding steroid dienone is 1. The van der Waals surface area contributed by atoms with Crippen LogP contribution in [0.4, 0.5) is 0 Å². The van der Waals surface area contributed by atoms with E-state index in [0.29, 0.717) is 5.56 Å². The minimum Gasteiger partial charge on any atom is -0.497 e. The van der Waals surface area contributed by atoms with Gasteiger partial charge in [0, 0.05) is 0 Å². The van der Waals surface area contributed by atoms with E-state index < -0.39 is 5.97 Å². The third kappa shape index (κ3) is 3.72. The summed E-state index contributed by atoms with van der Waals surface area (Å²) in [5, 5.41) is 8.82. The Hall–Kier alpha value is -2.55. The van der Waals surface area contributed by atoms with E-state index in [0.717, 1.165) is 23.3 Å². The van der Waals surface area contributed by atoms with Gasteiger partial charge in [-0.25, -0.2) is 4.79 Å². The number of methoxy groups -OCH3 is 1. The molecule has 0 saturated carbocycles. The van der Waals surface area contributed by atoms with Crippen LogP contribution in [-0.4, -0.2) is 18.2 Å². The van der Waals surface area contributed by atoms with Crippen LogP contribution in [0.3, 0.4) is 0 Å². The predicted molar refractivity (Wildman–Crippen MR) is 79.1 cm³/mol. The Labute approximate surface area is 118 Å². The number of hydrogen-bond donors (Lipinski definition) is 1. The fourth-order valence-corrected chi connectivity index (χ4v) is 1.83. The first-order valence-electron chi connectivity index (χ1n) is 6.32. The van der Waals surface area contributed by atoms with E-state index in [1.54, 1.807) is 19.2 Å². The lowest BCUT2D eigenvalue weighted by atomic mass is 10.1. The second-order valence-corrected chi connectivity index (χ2v) is 4.38. The number of rotatable bonds is 5. The van der Waals surface area contributed by atoms with Crippen LogP contribution in [0.5, 0.6) is 5.75 Å². The molecule has 0 bridgehead atoms. The van der Waals surface area contributed by atoms with Crippen LogP contribution in [0.1, 0.15) is 21.5 Å². The zero-order valence-corrected chi connectivity index (χ0v) is 11.2. The van der Waals surface area contributed by atoms with Crippen LogP contribution in [0, 0.1) is 0 Å². The Bertz CT molecular complexity index is 595. The van der Waals surface area contributed by atoms with Gasteiger partial charge in [0.1, 0.15) is 5.75 Å². The standard InChI is InChI=1S/C17H16O3/c1-20-16-11-7-14(8-12-16)4-2-3-13-5-9-15(10-6-13)17(18)19/h2,4-12H,3H2,1H3,(H,18,19)/b4-2+. The Balaban J connectivity index is 1.96. The minimum absolute atomic E-state index is 0.313. The van der Waals surface area contributed by atoms with Crippen molar-refractivity contribution in [1.82, 2.24) is 0 Å². The molecular formula is C17H16O3. The largest absolute Gasteiger partial charge is 0.497 e. The van der Waals surface area contributed by atoms with Crippen molar-refractivity contribution in [3.05, 3.63) is 71.3 Å². The molecule has 0 radical (unpaired) electrons. The highest BCUT2D eigenvalue weighted by Crippen LogP contribution is 2.13. The maximum atomic E-state index is 10.7. The van der Waals surface area contributed by atoms with E-state index in [1.165, 1.54) is 0 Å².